The van der Waals surface area contributed by atoms with Gasteiger partial charge < -0.3 is 15.7 Å². The molecular weight excluding hydrogens is 303 g/mol. The summed E-state index contributed by atoms with van der Waals surface area (Å²) in [6, 6.07) is 3.03. The maximum Gasteiger partial charge on any atom is 0.326 e. The molecule has 0 bridgehead atoms. The van der Waals surface area contributed by atoms with Crippen LogP contribution < -0.4 is 10.6 Å². The quantitative estimate of drug-likeness (QED) is 0.775. The smallest absolute Gasteiger partial charge is 0.326 e. The van der Waals surface area contributed by atoms with Crippen LogP contribution in [0.25, 0.3) is 0 Å². The minimum absolute atomic E-state index is 0.182. The van der Waals surface area contributed by atoms with Gasteiger partial charge in [0.2, 0.25) is 0 Å². The number of carboxylic acids is 1. The van der Waals surface area contributed by atoms with Crippen LogP contribution in [0.4, 0.5) is 10.5 Å². The van der Waals surface area contributed by atoms with Gasteiger partial charge in [0, 0.05) is 5.02 Å². The van der Waals surface area contributed by atoms with E-state index >= 15 is 0 Å². The molecule has 2 amide bonds. The number of carboxylic acid groups (broad SMARTS) is 1. The van der Waals surface area contributed by atoms with Gasteiger partial charge in [-0.3, -0.25) is 0 Å². The van der Waals surface area contributed by atoms with Crippen molar-refractivity contribution >= 4 is 40.9 Å². The average molecular weight is 319 g/mol. The Balaban J connectivity index is 2.73. The van der Waals surface area contributed by atoms with Gasteiger partial charge in [0.25, 0.3) is 0 Å². The Morgan fingerprint density at radius 2 is 2.00 bits per heavy atom. The molecule has 0 aromatic heterocycles. The maximum atomic E-state index is 11.8. The lowest BCUT2D eigenvalue weighted by molar-refractivity contribution is -0.140. The highest BCUT2D eigenvalue weighted by molar-refractivity contribution is 6.36. The summed E-state index contributed by atoms with van der Waals surface area (Å²) in [5.74, 6) is -1.25. The molecule has 20 heavy (non-hydrogen) atoms. The lowest BCUT2D eigenvalue weighted by atomic mass is 9.99. The lowest BCUT2D eigenvalue weighted by Crippen LogP contribution is -2.46. The summed E-state index contributed by atoms with van der Waals surface area (Å²) < 4.78 is 0. The van der Waals surface area contributed by atoms with E-state index in [-0.39, 0.29) is 10.9 Å². The molecule has 0 aliphatic rings. The minimum Gasteiger partial charge on any atom is -0.480 e. The van der Waals surface area contributed by atoms with Crippen molar-refractivity contribution in [1.29, 1.82) is 0 Å². The largest absolute Gasteiger partial charge is 0.480 e. The molecule has 1 aromatic carbocycles. The predicted molar refractivity (Wildman–Crippen MR) is 79.5 cm³/mol. The fourth-order valence-electron chi connectivity index (χ4n) is 1.57. The predicted octanol–water partition coefficient (Wildman–Crippen LogP) is 3.61. The second-order valence-corrected chi connectivity index (χ2v) is 5.27. The van der Waals surface area contributed by atoms with Gasteiger partial charge in [-0.1, -0.05) is 43.5 Å². The molecule has 3 N–H and O–H groups in total. The monoisotopic (exact) mass is 318 g/mol. The van der Waals surface area contributed by atoms with Crippen molar-refractivity contribution < 1.29 is 14.7 Å². The third kappa shape index (κ3) is 4.58. The number of benzene rings is 1. The Morgan fingerprint density at radius 1 is 1.35 bits per heavy atom. The van der Waals surface area contributed by atoms with Crippen molar-refractivity contribution in [3.05, 3.63) is 28.2 Å². The van der Waals surface area contributed by atoms with Gasteiger partial charge in [0.05, 0.1) is 10.7 Å². The van der Waals surface area contributed by atoms with Crippen molar-refractivity contribution in [2.45, 2.75) is 26.3 Å². The maximum absolute atomic E-state index is 11.8. The van der Waals surface area contributed by atoms with Crippen LogP contribution in [0.3, 0.4) is 0 Å². The van der Waals surface area contributed by atoms with Crippen molar-refractivity contribution in [1.82, 2.24) is 5.32 Å². The van der Waals surface area contributed by atoms with E-state index in [0.717, 1.165) is 0 Å². The molecule has 5 nitrogen and oxygen atoms in total. The zero-order valence-corrected chi connectivity index (χ0v) is 12.6. The van der Waals surface area contributed by atoms with Crippen LogP contribution in [0.5, 0.6) is 0 Å². The molecule has 1 aromatic rings. The number of nitrogens with one attached hydrogen (secondary N) is 2. The Morgan fingerprint density at radius 3 is 2.50 bits per heavy atom. The van der Waals surface area contributed by atoms with E-state index < -0.39 is 18.0 Å². The number of hydrogen-bond acceptors (Lipinski definition) is 2. The molecule has 0 aliphatic carbocycles. The highest BCUT2D eigenvalue weighted by Gasteiger charge is 2.25. The van der Waals surface area contributed by atoms with E-state index in [1.54, 1.807) is 19.1 Å². The van der Waals surface area contributed by atoms with Crippen LogP contribution in [0, 0.1) is 5.92 Å². The van der Waals surface area contributed by atoms with Crippen molar-refractivity contribution in [2.24, 2.45) is 5.92 Å². The summed E-state index contributed by atoms with van der Waals surface area (Å²) in [5.41, 5.74) is 0.363. The first kappa shape index (κ1) is 16.6. The molecular formula is C13H16Cl2N2O3. The Labute approximate surface area is 127 Å². The van der Waals surface area contributed by atoms with Crippen LogP contribution in [0.1, 0.15) is 20.3 Å². The molecule has 0 heterocycles. The van der Waals surface area contributed by atoms with Gasteiger partial charge in [0.1, 0.15) is 6.04 Å². The van der Waals surface area contributed by atoms with E-state index in [2.05, 4.69) is 10.6 Å². The standard InChI is InChI=1S/C13H16Cl2N2O3/c1-3-7(2)11(12(18)19)17-13(20)16-10-5-4-8(14)6-9(10)15/h4-7,11H,3H2,1-2H3,(H,18,19)(H2,16,17,20)/t7-,11-/m0/s1. The number of anilines is 1. The topological polar surface area (TPSA) is 78.4 Å². The molecule has 0 unspecified atom stereocenters. The molecule has 0 radical (unpaired) electrons. The lowest BCUT2D eigenvalue weighted by Gasteiger charge is -2.20. The molecule has 2 atom stereocenters. The van der Waals surface area contributed by atoms with Gasteiger partial charge in [0.15, 0.2) is 0 Å². The zero-order chi connectivity index (χ0) is 15.3. The SMILES string of the molecule is CC[C@H](C)[C@H](NC(=O)Nc1ccc(Cl)cc1Cl)C(=O)O. The molecule has 110 valence electrons. The number of amides is 2. The summed E-state index contributed by atoms with van der Waals surface area (Å²) in [4.78, 5) is 22.9. The summed E-state index contributed by atoms with van der Waals surface area (Å²) in [6.45, 7) is 3.62. The second kappa shape index (κ2) is 7.36. The number of aliphatic carboxylic acids is 1. The fraction of sp³-hybridized carbons (Fsp3) is 0.385. The van der Waals surface area contributed by atoms with E-state index in [4.69, 9.17) is 28.3 Å². The number of rotatable bonds is 5. The van der Waals surface area contributed by atoms with Crippen LogP contribution in [0.2, 0.25) is 10.0 Å². The normalized spacial score (nSPS) is 13.4. The van der Waals surface area contributed by atoms with Crippen LogP contribution in [-0.2, 0) is 4.79 Å². The van der Waals surface area contributed by atoms with E-state index in [1.807, 2.05) is 6.92 Å². The molecule has 7 heteroatoms. The first-order chi connectivity index (χ1) is 9.35. The molecule has 1 rings (SSSR count). The summed E-state index contributed by atoms with van der Waals surface area (Å²) in [7, 11) is 0. The van der Waals surface area contributed by atoms with Gasteiger partial charge in [-0.05, 0) is 24.1 Å². The highest BCUT2D eigenvalue weighted by Crippen LogP contribution is 2.25. The van der Waals surface area contributed by atoms with Crippen molar-refractivity contribution in [2.75, 3.05) is 5.32 Å². The number of halogens is 2. The summed E-state index contributed by atoms with van der Waals surface area (Å²) in [5, 5.41) is 14.7. The minimum atomic E-state index is -1.07. The van der Waals surface area contributed by atoms with Crippen LogP contribution in [-0.4, -0.2) is 23.1 Å². The molecule has 0 aliphatic heterocycles. The summed E-state index contributed by atoms with van der Waals surface area (Å²) >= 11 is 11.7. The van der Waals surface area contributed by atoms with Gasteiger partial charge in [-0.2, -0.15) is 0 Å². The molecule has 0 saturated carbocycles. The highest BCUT2D eigenvalue weighted by atomic mass is 35.5. The molecule has 0 fully saturated rings. The molecule has 0 spiro atoms. The third-order valence-electron chi connectivity index (χ3n) is 2.94. The Hall–Kier alpha value is -1.46. The second-order valence-electron chi connectivity index (χ2n) is 4.42. The zero-order valence-electron chi connectivity index (χ0n) is 11.1. The number of urea groups is 1. The number of carbonyl (C=O) groups is 2. The molecule has 0 saturated heterocycles. The summed E-state index contributed by atoms with van der Waals surface area (Å²) in [6.07, 6.45) is 0.638. The van der Waals surface area contributed by atoms with E-state index in [1.165, 1.54) is 6.07 Å². The number of carbonyl (C=O) groups excluding carboxylic acids is 1. The van der Waals surface area contributed by atoms with Crippen molar-refractivity contribution in [3.63, 3.8) is 0 Å². The Kier molecular flexibility index (Phi) is 6.10. The first-order valence-corrected chi connectivity index (χ1v) is 6.86. The van der Waals surface area contributed by atoms with Gasteiger partial charge in [-0.25, -0.2) is 9.59 Å². The third-order valence-corrected chi connectivity index (χ3v) is 3.49. The van der Waals surface area contributed by atoms with E-state index in [9.17, 15) is 9.59 Å². The fourth-order valence-corrected chi connectivity index (χ4v) is 2.03. The number of hydrogen-bond donors (Lipinski definition) is 3. The van der Waals surface area contributed by atoms with Crippen LogP contribution in [0.15, 0.2) is 18.2 Å². The van der Waals surface area contributed by atoms with Gasteiger partial charge in [-0.15, -0.1) is 0 Å². The first-order valence-electron chi connectivity index (χ1n) is 6.10. The average Bonchev–Trinajstić information content (AvgIpc) is 2.38. The van der Waals surface area contributed by atoms with E-state index in [0.29, 0.717) is 17.1 Å². The Bertz CT molecular complexity index is 508. The van der Waals surface area contributed by atoms with Crippen molar-refractivity contribution in [3.8, 4) is 0 Å². The van der Waals surface area contributed by atoms with Crippen LogP contribution >= 0.6 is 23.2 Å². The van der Waals surface area contributed by atoms with Gasteiger partial charge >= 0.3 is 12.0 Å².